The summed E-state index contributed by atoms with van der Waals surface area (Å²) in [5, 5.41) is 3.31. The summed E-state index contributed by atoms with van der Waals surface area (Å²) >= 11 is 0. The number of morpholine rings is 1. The third-order valence-corrected chi connectivity index (χ3v) is 5.33. The van der Waals surface area contributed by atoms with Crippen LogP contribution in [-0.4, -0.2) is 62.7 Å². The first-order valence-corrected chi connectivity index (χ1v) is 10.9. The van der Waals surface area contributed by atoms with Crippen molar-refractivity contribution in [3.05, 3.63) is 54.7 Å². The van der Waals surface area contributed by atoms with Crippen molar-refractivity contribution < 1.29 is 18.9 Å². The number of hydrogen-bond acceptors (Lipinski definition) is 8. The van der Waals surface area contributed by atoms with Crippen LogP contribution < -0.4 is 19.7 Å². The summed E-state index contributed by atoms with van der Waals surface area (Å²) in [5.41, 5.74) is 3.68. The van der Waals surface area contributed by atoms with Crippen LogP contribution >= 0.6 is 0 Å². The van der Waals surface area contributed by atoms with Crippen molar-refractivity contribution in [3.8, 4) is 22.8 Å². The standard InChI is InChI=1S/C24H26N4O4/c1-2-18-16-20(3-1)31-14-12-30-13-15-32-23-17-19(26-24-25-7-6-21(18)27-24)4-5-22(23)28-8-10-29-11-9-28/h1-7,16-17H,8-15H2,(H,25,26,27). The first kappa shape index (κ1) is 20.5. The van der Waals surface area contributed by atoms with Crippen molar-refractivity contribution in [1.82, 2.24) is 9.97 Å². The number of hydrogen-bond donors (Lipinski definition) is 1. The van der Waals surface area contributed by atoms with E-state index in [1.807, 2.05) is 42.5 Å². The minimum atomic E-state index is 0.447. The van der Waals surface area contributed by atoms with E-state index >= 15 is 0 Å². The second-order valence-electron chi connectivity index (χ2n) is 7.51. The smallest absolute Gasteiger partial charge is 0.227 e. The van der Waals surface area contributed by atoms with Crippen molar-refractivity contribution in [2.24, 2.45) is 0 Å². The minimum absolute atomic E-state index is 0.447. The fraction of sp³-hybridized carbons (Fsp3) is 0.333. The fourth-order valence-corrected chi connectivity index (χ4v) is 3.76. The molecule has 0 amide bonds. The number of benzene rings is 2. The molecule has 3 heterocycles. The van der Waals surface area contributed by atoms with Crippen LogP contribution in [0.15, 0.2) is 54.7 Å². The van der Waals surface area contributed by atoms with Crippen LogP contribution in [0.2, 0.25) is 0 Å². The molecule has 8 nitrogen and oxygen atoms in total. The van der Waals surface area contributed by atoms with Crippen LogP contribution in [0, 0.1) is 0 Å². The average molecular weight is 434 g/mol. The molecule has 1 N–H and O–H groups in total. The zero-order valence-electron chi connectivity index (χ0n) is 17.8. The highest BCUT2D eigenvalue weighted by Gasteiger charge is 2.17. The summed E-state index contributed by atoms with van der Waals surface area (Å²) in [7, 11) is 0. The highest BCUT2D eigenvalue weighted by Crippen LogP contribution is 2.33. The Hall–Kier alpha value is -3.36. The molecule has 6 bridgehead atoms. The van der Waals surface area contributed by atoms with Crippen LogP contribution in [0.25, 0.3) is 11.3 Å². The maximum absolute atomic E-state index is 6.12. The summed E-state index contributed by atoms with van der Waals surface area (Å²) in [4.78, 5) is 11.4. The lowest BCUT2D eigenvalue weighted by molar-refractivity contribution is 0.0763. The van der Waals surface area contributed by atoms with Gasteiger partial charge in [0.25, 0.3) is 0 Å². The predicted octanol–water partition coefficient (Wildman–Crippen LogP) is 3.51. The molecular weight excluding hydrogens is 408 g/mol. The Bertz CT molecular complexity index is 1060. The van der Waals surface area contributed by atoms with E-state index in [9.17, 15) is 0 Å². The second-order valence-corrected chi connectivity index (χ2v) is 7.51. The van der Waals surface area contributed by atoms with Crippen molar-refractivity contribution in [2.75, 3.05) is 62.9 Å². The Morgan fingerprint density at radius 3 is 2.56 bits per heavy atom. The molecule has 3 aromatic rings. The molecule has 0 saturated carbocycles. The molecule has 1 fully saturated rings. The molecule has 2 aliphatic rings. The molecule has 8 heteroatoms. The zero-order chi connectivity index (χ0) is 21.6. The highest BCUT2D eigenvalue weighted by atomic mass is 16.5. The second kappa shape index (κ2) is 9.84. The van der Waals surface area contributed by atoms with Gasteiger partial charge in [0.2, 0.25) is 5.95 Å². The van der Waals surface area contributed by atoms with E-state index in [2.05, 4.69) is 26.3 Å². The topological polar surface area (TPSA) is 78.0 Å². The van der Waals surface area contributed by atoms with Gasteiger partial charge < -0.3 is 29.2 Å². The lowest BCUT2D eigenvalue weighted by Crippen LogP contribution is -2.36. The minimum Gasteiger partial charge on any atom is -0.491 e. The molecule has 0 unspecified atom stereocenters. The number of aromatic nitrogens is 2. The predicted molar refractivity (Wildman–Crippen MR) is 122 cm³/mol. The normalized spacial score (nSPS) is 16.8. The van der Waals surface area contributed by atoms with E-state index in [1.165, 1.54) is 0 Å². The van der Waals surface area contributed by atoms with Crippen molar-refractivity contribution in [2.45, 2.75) is 0 Å². The van der Waals surface area contributed by atoms with Crippen LogP contribution in [0.5, 0.6) is 11.5 Å². The largest absolute Gasteiger partial charge is 0.491 e. The maximum atomic E-state index is 6.12. The van der Waals surface area contributed by atoms with Gasteiger partial charge in [-0.1, -0.05) is 12.1 Å². The van der Waals surface area contributed by atoms with Gasteiger partial charge in [0, 0.05) is 36.6 Å². The summed E-state index contributed by atoms with van der Waals surface area (Å²) in [5.74, 6) is 2.09. The van der Waals surface area contributed by atoms with Gasteiger partial charge in [0.1, 0.15) is 24.7 Å². The van der Waals surface area contributed by atoms with Crippen molar-refractivity contribution in [3.63, 3.8) is 0 Å². The average Bonchev–Trinajstić information content (AvgIpc) is 2.84. The molecule has 5 rings (SSSR count). The van der Waals surface area contributed by atoms with E-state index < -0.39 is 0 Å². The molecule has 1 aromatic heterocycles. The van der Waals surface area contributed by atoms with Crippen LogP contribution in [0.3, 0.4) is 0 Å². The number of nitrogens with one attached hydrogen (secondary N) is 1. The van der Waals surface area contributed by atoms with E-state index in [0.717, 1.165) is 47.2 Å². The third-order valence-electron chi connectivity index (χ3n) is 5.33. The molecule has 0 aliphatic carbocycles. The van der Waals surface area contributed by atoms with Crippen LogP contribution in [0.1, 0.15) is 0 Å². The number of anilines is 3. The Kier molecular flexibility index (Phi) is 6.32. The lowest BCUT2D eigenvalue weighted by Gasteiger charge is -2.30. The van der Waals surface area contributed by atoms with Gasteiger partial charge in [-0.05, 0) is 30.3 Å². The quantitative estimate of drug-likeness (QED) is 0.624. The number of fused-ring (bicyclic) bond motifs is 7. The monoisotopic (exact) mass is 434 g/mol. The van der Waals surface area contributed by atoms with Crippen LogP contribution in [0.4, 0.5) is 17.3 Å². The van der Waals surface area contributed by atoms with Crippen molar-refractivity contribution in [1.29, 1.82) is 0 Å². The summed E-state index contributed by atoms with van der Waals surface area (Å²) in [6.45, 7) is 4.97. The summed E-state index contributed by atoms with van der Waals surface area (Å²) in [6, 6.07) is 15.8. The Labute approximate surface area is 187 Å². The van der Waals surface area contributed by atoms with Gasteiger partial charge in [-0.3, -0.25) is 0 Å². The van der Waals surface area contributed by atoms with Gasteiger partial charge >= 0.3 is 0 Å². The number of ether oxygens (including phenoxy) is 4. The number of nitrogens with zero attached hydrogens (tertiary/aromatic N) is 3. The van der Waals surface area contributed by atoms with E-state index in [1.54, 1.807) is 6.20 Å². The van der Waals surface area contributed by atoms with E-state index in [4.69, 9.17) is 18.9 Å². The van der Waals surface area contributed by atoms with Gasteiger partial charge in [0.15, 0.2) is 0 Å². The molecule has 0 atom stereocenters. The maximum Gasteiger partial charge on any atom is 0.227 e. The fourth-order valence-electron chi connectivity index (χ4n) is 3.76. The lowest BCUT2D eigenvalue weighted by atomic mass is 10.1. The molecule has 1 saturated heterocycles. The Balaban J connectivity index is 1.46. The molecule has 166 valence electrons. The molecule has 0 spiro atoms. The summed E-state index contributed by atoms with van der Waals surface area (Å²) in [6.07, 6.45) is 1.75. The molecular formula is C24H26N4O4. The van der Waals surface area contributed by atoms with E-state index in [-0.39, 0.29) is 0 Å². The summed E-state index contributed by atoms with van der Waals surface area (Å²) < 4.78 is 23.2. The highest BCUT2D eigenvalue weighted by molar-refractivity contribution is 5.68. The van der Waals surface area contributed by atoms with Gasteiger partial charge in [-0.15, -0.1) is 0 Å². The van der Waals surface area contributed by atoms with Crippen molar-refractivity contribution >= 4 is 17.3 Å². The first-order chi connectivity index (χ1) is 15.8. The van der Waals surface area contributed by atoms with Gasteiger partial charge in [-0.2, -0.15) is 0 Å². The Morgan fingerprint density at radius 2 is 1.66 bits per heavy atom. The zero-order valence-corrected chi connectivity index (χ0v) is 17.8. The van der Waals surface area contributed by atoms with Crippen LogP contribution in [-0.2, 0) is 9.47 Å². The molecule has 32 heavy (non-hydrogen) atoms. The van der Waals surface area contributed by atoms with E-state index in [0.29, 0.717) is 45.6 Å². The molecule has 2 aromatic carbocycles. The Morgan fingerprint density at radius 1 is 0.812 bits per heavy atom. The third kappa shape index (κ3) is 4.92. The van der Waals surface area contributed by atoms with Gasteiger partial charge in [0.05, 0.1) is 37.8 Å². The molecule has 2 aliphatic heterocycles. The first-order valence-electron chi connectivity index (χ1n) is 10.9. The molecule has 0 radical (unpaired) electrons. The number of rotatable bonds is 1. The SMILES string of the molecule is c1cc2cc(c1)-c1ccnc(n1)Nc1ccc(N3CCOCC3)c(c1)OCCOCCO2. The van der Waals surface area contributed by atoms with Gasteiger partial charge in [-0.25, -0.2) is 9.97 Å².